The molecule has 0 heterocycles. The lowest BCUT2D eigenvalue weighted by Gasteiger charge is -2.05. The van der Waals surface area contributed by atoms with Gasteiger partial charge in [0.15, 0.2) is 0 Å². The molecule has 0 rings (SSSR count). The van der Waals surface area contributed by atoms with Crippen molar-refractivity contribution >= 4 is 31.9 Å². The molecule has 0 aromatic rings. The molecular weight excluding hydrogens is 308 g/mol. The zero-order valence-corrected chi connectivity index (χ0v) is 11.6. The van der Waals surface area contributed by atoms with Crippen LogP contribution >= 0.6 is 31.9 Å². The van der Waals surface area contributed by atoms with Gasteiger partial charge in [-0.3, -0.25) is 0 Å². The van der Waals surface area contributed by atoms with Gasteiger partial charge in [-0.25, -0.2) is 0 Å². The Morgan fingerprint density at radius 1 is 1.29 bits per heavy atom. The van der Waals surface area contributed by atoms with Gasteiger partial charge in [-0.15, -0.1) is 0 Å². The van der Waals surface area contributed by atoms with Crippen LogP contribution in [0.4, 0.5) is 0 Å². The van der Waals surface area contributed by atoms with Crippen LogP contribution < -0.4 is 0 Å². The quantitative estimate of drug-likeness (QED) is 0.510. The zero-order chi connectivity index (χ0) is 11.1. The molecule has 0 unspecified atom stereocenters. The molecule has 0 fully saturated rings. The maximum atomic E-state index is 5.40. The Morgan fingerprint density at radius 3 is 2.29 bits per heavy atom. The van der Waals surface area contributed by atoms with E-state index in [0.29, 0.717) is 5.76 Å². The Kier molecular flexibility index (Phi) is 6.93. The molecule has 0 bridgehead atoms. The van der Waals surface area contributed by atoms with E-state index in [1.165, 1.54) is 0 Å². The third kappa shape index (κ3) is 7.15. The molecule has 0 atom stereocenters. The van der Waals surface area contributed by atoms with Crippen LogP contribution in [-0.4, -0.2) is 0 Å². The molecule has 14 heavy (non-hydrogen) atoms. The molecule has 0 saturated heterocycles. The van der Waals surface area contributed by atoms with Crippen LogP contribution in [0.1, 0.15) is 20.3 Å². The summed E-state index contributed by atoms with van der Waals surface area (Å²) in [6.45, 7) is 11.4. The molecule has 3 heteroatoms. The average molecular weight is 322 g/mol. The summed E-state index contributed by atoms with van der Waals surface area (Å²) in [6, 6.07) is 0. The highest BCUT2D eigenvalue weighted by molar-refractivity contribution is 9.12. The van der Waals surface area contributed by atoms with Gasteiger partial charge in [0.1, 0.15) is 11.5 Å². The molecule has 78 valence electrons. The van der Waals surface area contributed by atoms with E-state index in [9.17, 15) is 0 Å². The fraction of sp³-hybridized carbons (Fsp3) is 0.273. The Hall–Kier alpha value is -0.280. The summed E-state index contributed by atoms with van der Waals surface area (Å²) in [5.41, 5.74) is 0. The molecule has 0 aromatic carbocycles. The molecule has 0 radical (unpaired) electrons. The van der Waals surface area contributed by atoms with Crippen LogP contribution in [0, 0.1) is 0 Å². The van der Waals surface area contributed by atoms with E-state index >= 15 is 0 Å². The second kappa shape index (κ2) is 7.07. The van der Waals surface area contributed by atoms with E-state index in [-0.39, 0.29) is 0 Å². The predicted molar refractivity (Wildman–Crippen MR) is 69.4 cm³/mol. The standard InChI is InChI=1S/C11H14Br2O/c1-5-11(13)7-10(4)14-9(3)6-8(2)12/h6-7H,2,4-5H2,1,3H3/b9-6+,11-7+. The summed E-state index contributed by atoms with van der Waals surface area (Å²) in [5, 5.41) is 0. The van der Waals surface area contributed by atoms with Crippen molar-refractivity contribution in [2.75, 3.05) is 0 Å². The fourth-order valence-electron chi connectivity index (χ4n) is 0.763. The number of rotatable bonds is 5. The number of ether oxygens (including phenoxy) is 1. The Morgan fingerprint density at radius 2 is 1.86 bits per heavy atom. The van der Waals surface area contributed by atoms with Crippen molar-refractivity contribution in [1.29, 1.82) is 0 Å². The predicted octanol–water partition coefficient (Wildman–Crippen LogP) is 5.02. The van der Waals surface area contributed by atoms with Crippen molar-refractivity contribution in [3.8, 4) is 0 Å². The maximum Gasteiger partial charge on any atom is 0.120 e. The van der Waals surface area contributed by atoms with Crippen molar-refractivity contribution in [3.05, 3.63) is 45.8 Å². The zero-order valence-electron chi connectivity index (χ0n) is 8.44. The average Bonchev–Trinajstić information content (AvgIpc) is 2.01. The van der Waals surface area contributed by atoms with Crippen LogP contribution in [0.3, 0.4) is 0 Å². The third-order valence-electron chi connectivity index (χ3n) is 1.31. The van der Waals surface area contributed by atoms with Gasteiger partial charge in [-0.1, -0.05) is 51.9 Å². The normalized spacial score (nSPS) is 12.6. The highest BCUT2D eigenvalue weighted by Crippen LogP contribution is 2.16. The highest BCUT2D eigenvalue weighted by Gasteiger charge is 1.95. The first-order valence-corrected chi connectivity index (χ1v) is 5.79. The molecule has 0 amide bonds. The fourth-order valence-corrected chi connectivity index (χ4v) is 1.34. The van der Waals surface area contributed by atoms with E-state index in [2.05, 4.69) is 51.9 Å². The minimum absolute atomic E-state index is 0.612. The van der Waals surface area contributed by atoms with E-state index in [1.54, 1.807) is 6.08 Å². The van der Waals surface area contributed by atoms with Gasteiger partial charge >= 0.3 is 0 Å². The molecule has 0 N–H and O–H groups in total. The van der Waals surface area contributed by atoms with Crippen molar-refractivity contribution in [2.24, 2.45) is 0 Å². The van der Waals surface area contributed by atoms with Gasteiger partial charge in [-0.05, 0) is 30.0 Å². The number of allylic oxidation sites excluding steroid dienone is 5. The van der Waals surface area contributed by atoms with Crippen molar-refractivity contribution < 1.29 is 4.74 Å². The molecule has 0 aliphatic heterocycles. The lowest BCUT2D eigenvalue weighted by Crippen LogP contribution is -1.86. The first-order valence-electron chi connectivity index (χ1n) is 4.21. The Balaban J connectivity index is 4.27. The van der Waals surface area contributed by atoms with Crippen LogP contribution in [-0.2, 0) is 4.74 Å². The van der Waals surface area contributed by atoms with Crippen LogP contribution in [0.15, 0.2) is 45.8 Å². The topological polar surface area (TPSA) is 9.23 Å². The molecule has 0 spiro atoms. The smallest absolute Gasteiger partial charge is 0.120 e. The molecule has 0 saturated carbocycles. The molecule has 0 aromatic heterocycles. The summed E-state index contributed by atoms with van der Waals surface area (Å²) in [4.78, 5) is 0. The largest absolute Gasteiger partial charge is 0.463 e. The van der Waals surface area contributed by atoms with E-state index in [1.807, 2.05) is 13.0 Å². The minimum atomic E-state index is 0.612. The maximum absolute atomic E-state index is 5.40. The molecule has 1 nitrogen and oxygen atoms in total. The summed E-state index contributed by atoms with van der Waals surface area (Å²) in [6.07, 6.45) is 4.57. The van der Waals surface area contributed by atoms with Crippen LogP contribution in [0.2, 0.25) is 0 Å². The number of halogens is 2. The first-order chi connectivity index (χ1) is 6.45. The molecular formula is C11H14Br2O. The van der Waals surface area contributed by atoms with Gasteiger partial charge in [-0.2, -0.15) is 0 Å². The van der Waals surface area contributed by atoms with Gasteiger partial charge in [0, 0.05) is 4.48 Å². The lowest BCUT2D eigenvalue weighted by atomic mass is 10.4. The first kappa shape index (κ1) is 13.7. The van der Waals surface area contributed by atoms with Crippen LogP contribution in [0.5, 0.6) is 0 Å². The Bertz CT molecular complexity index is 288. The van der Waals surface area contributed by atoms with Crippen molar-refractivity contribution in [1.82, 2.24) is 0 Å². The molecule has 0 aliphatic carbocycles. The lowest BCUT2D eigenvalue weighted by molar-refractivity contribution is 0.324. The van der Waals surface area contributed by atoms with Crippen molar-refractivity contribution in [2.45, 2.75) is 20.3 Å². The second-order valence-electron chi connectivity index (χ2n) is 2.71. The molecule has 0 aliphatic rings. The van der Waals surface area contributed by atoms with E-state index in [0.717, 1.165) is 21.1 Å². The number of hydrogen-bond acceptors (Lipinski definition) is 1. The van der Waals surface area contributed by atoms with Crippen molar-refractivity contribution in [3.63, 3.8) is 0 Å². The Labute approximate surface area is 102 Å². The summed E-state index contributed by atoms with van der Waals surface area (Å²) in [7, 11) is 0. The highest BCUT2D eigenvalue weighted by atomic mass is 79.9. The third-order valence-corrected chi connectivity index (χ3v) is 2.33. The number of hydrogen-bond donors (Lipinski definition) is 0. The monoisotopic (exact) mass is 320 g/mol. The summed E-state index contributed by atoms with van der Waals surface area (Å²) >= 11 is 6.62. The minimum Gasteiger partial charge on any atom is -0.463 e. The summed E-state index contributed by atoms with van der Waals surface area (Å²) in [5.74, 6) is 1.37. The van der Waals surface area contributed by atoms with Gasteiger partial charge < -0.3 is 4.74 Å². The van der Waals surface area contributed by atoms with Gasteiger partial charge in [0.25, 0.3) is 0 Å². The van der Waals surface area contributed by atoms with E-state index < -0.39 is 0 Å². The van der Waals surface area contributed by atoms with Crippen LogP contribution in [0.25, 0.3) is 0 Å². The SMILES string of the molecule is C=C(Br)/C=C(\C)OC(=C)/C=C(/Br)CC. The van der Waals surface area contributed by atoms with Gasteiger partial charge in [0.05, 0.1) is 0 Å². The van der Waals surface area contributed by atoms with Gasteiger partial charge in [0.2, 0.25) is 0 Å². The summed E-state index contributed by atoms with van der Waals surface area (Å²) < 4.78 is 7.25. The van der Waals surface area contributed by atoms with E-state index in [4.69, 9.17) is 4.74 Å². The second-order valence-corrected chi connectivity index (χ2v) is 4.75.